The van der Waals surface area contributed by atoms with Crippen molar-refractivity contribution >= 4 is 11.6 Å². The van der Waals surface area contributed by atoms with Crippen LogP contribution in [0.15, 0.2) is 18.2 Å². The summed E-state index contributed by atoms with van der Waals surface area (Å²) in [5.74, 6) is -0.0245. The zero-order chi connectivity index (χ0) is 13.5. The Morgan fingerprint density at radius 3 is 2.50 bits per heavy atom. The van der Waals surface area contributed by atoms with Gasteiger partial charge in [-0.1, -0.05) is 18.2 Å². The average Bonchev–Trinajstić information content (AvgIpc) is 2.34. The third kappa shape index (κ3) is 4.13. The summed E-state index contributed by atoms with van der Waals surface area (Å²) in [6.07, 6.45) is 0. The number of hydrogen-bond donors (Lipinski definition) is 2. The molecule has 1 aromatic carbocycles. The molecule has 0 aliphatic rings. The van der Waals surface area contributed by atoms with Gasteiger partial charge in [0.15, 0.2) is 0 Å². The van der Waals surface area contributed by atoms with E-state index < -0.39 is 0 Å². The Kier molecular flexibility index (Phi) is 5.82. The first-order chi connectivity index (χ1) is 8.56. The summed E-state index contributed by atoms with van der Waals surface area (Å²) in [6.45, 7) is 7.09. The maximum Gasteiger partial charge on any atom is 0.241 e. The molecule has 0 aromatic heterocycles. The van der Waals surface area contributed by atoms with Crippen LogP contribution in [0.2, 0.25) is 0 Å². The first-order valence-electron chi connectivity index (χ1n) is 6.15. The van der Waals surface area contributed by atoms with Crippen LogP contribution in [-0.2, 0) is 9.53 Å². The number of carbonyl (C=O) groups excluding carboxylic acids is 1. The van der Waals surface area contributed by atoms with Crippen LogP contribution >= 0.6 is 0 Å². The van der Waals surface area contributed by atoms with Gasteiger partial charge in [0.25, 0.3) is 0 Å². The number of hydrogen-bond acceptors (Lipinski definition) is 3. The van der Waals surface area contributed by atoms with E-state index in [9.17, 15) is 4.79 Å². The minimum absolute atomic E-state index is 0.0245. The predicted octanol–water partition coefficient (Wildman–Crippen LogP) is 1.87. The molecule has 0 radical (unpaired) electrons. The summed E-state index contributed by atoms with van der Waals surface area (Å²) in [7, 11) is 1.64. The summed E-state index contributed by atoms with van der Waals surface area (Å²) in [5.41, 5.74) is 3.06. The van der Waals surface area contributed by atoms with E-state index in [0.29, 0.717) is 13.2 Å². The topological polar surface area (TPSA) is 50.4 Å². The van der Waals surface area contributed by atoms with Crippen LogP contribution in [0, 0.1) is 13.8 Å². The number of aryl methyl sites for hydroxylation is 2. The van der Waals surface area contributed by atoms with Gasteiger partial charge in [-0.2, -0.15) is 0 Å². The number of methoxy groups -OCH3 is 1. The molecule has 1 amide bonds. The zero-order valence-electron chi connectivity index (χ0n) is 11.5. The Balaban J connectivity index is 2.58. The van der Waals surface area contributed by atoms with Crippen molar-refractivity contribution in [2.24, 2.45) is 0 Å². The summed E-state index contributed by atoms with van der Waals surface area (Å²) < 4.78 is 4.93. The van der Waals surface area contributed by atoms with Crippen molar-refractivity contribution in [3.05, 3.63) is 29.3 Å². The first-order valence-corrected chi connectivity index (χ1v) is 6.15. The highest BCUT2D eigenvalue weighted by atomic mass is 16.5. The number of ether oxygens (including phenoxy) is 1. The molecule has 0 saturated carbocycles. The number of para-hydroxylation sites is 1. The molecule has 2 N–H and O–H groups in total. The lowest BCUT2D eigenvalue weighted by molar-refractivity contribution is -0.117. The van der Waals surface area contributed by atoms with E-state index in [0.717, 1.165) is 16.8 Å². The van der Waals surface area contributed by atoms with Gasteiger partial charge in [0.1, 0.15) is 0 Å². The van der Waals surface area contributed by atoms with Crippen molar-refractivity contribution in [3.8, 4) is 0 Å². The fraction of sp³-hybridized carbons (Fsp3) is 0.500. The van der Waals surface area contributed by atoms with E-state index in [1.807, 2.05) is 39.0 Å². The van der Waals surface area contributed by atoms with Crippen LogP contribution in [-0.4, -0.2) is 32.2 Å². The van der Waals surface area contributed by atoms with Crippen molar-refractivity contribution in [2.75, 3.05) is 25.6 Å². The fourth-order valence-electron chi connectivity index (χ4n) is 1.71. The molecule has 0 saturated heterocycles. The van der Waals surface area contributed by atoms with E-state index in [4.69, 9.17) is 4.74 Å². The molecule has 0 bridgehead atoms. The third-order valence-electron chi connectivity index (χ3n) is 2.88. The lowest BCUT2D eigenvalue weighted by atomic mass is 10.1. The SMILES string of the molecule is COCCNC(C)C(=O)Nc1c(C)cccc1C. The predicted molar refractivity (Wildman–Crippen MR) is 73.9 cm³/mol. The highest BCUT2D eigenvalue weighted by Gasteiger charge is 2.13. The molecular weight excluding hydrogens is 228 g/mol. The largest absolute Gasteiger partial charge is 0.383 e. The van der Waals surface area contributed by atoms with E-state index in [1.54, 1.807) is 7.11 Å². The lowest BCUT2D eigenvalue weighted by Gasteiger charge is -2.16. The van der Waals surface area contributed by atoms with Gasteiger partial charge in [0.2, 0.25) is 5.91 Å². The molecule has 0 spiro atoms. The molecule has 4 heteroatoms. The van der Waals surface area contributed by atoms with Crippen LogP contribution in [0.5, 0.6) is 0 Å². The van der Waals surface area contributed by atoms with Gasteiger partial charge in [0.05, 0.1) is 12.6 Å². The standard InChI is InChI=1S/C14H22N2O2/c1-10-6-5-7-11(2)13(10)16-14(17)12(3)15-8-9-18-4/h5-7,12,15H,8-9H2,1-4H3,(H,16,17). The van der Waals surface area contributed by atoms with Crippen molar-refractivity contribution in [3.63, 3.8) is 0 Å². The molecule has 1 atom stereocenters. The molecule has 0 heterocycles. The highest BCUT2D eigenvalue weighted by Crippen LogP contribution is 2.19. The van der Waals surface area contributed by atoms with Crippen molar-refractivity contribution in [2.45, 2.75) is 26.8 Å². The Hall–Kier alpha value is -1.39. The number of amides is 1. The molecule has 1 aromatic rings. The molecule has 1 unspecified atom stereocenters. The number of rotatable bonds is 6. The second kappa shape index (κ2) is 7.13. The maximum atomic E-state index is 12.0. The number of benzene rings is 1. The lowest BCUT2D eigenvalue weighted by Crippen LogP contribution is -2.39. The monoisotopic (exact) mass is 250 g/mol. The van der Waals surface area contributed by atoms with Crippen LogP contribution in [0.4, 0.5) is 5.69 Å². The Labute approximate surface area is 109 Å². The van der Waals surface area contributed by atoms with Crippen LogP contribution < -0.4 is 10.6 Å². The number of anilines is 1. The summed E-state index contributed by atoms with van der Waals surface area (Å²) in [6, 6.07) is 5.73. The minimum Gasteiger partial charge on any atom is -0.383 e. The summed E-state index contributed by atoms with van der Waals surface area (Å²) >= 11 is 0. The molecule has 18 heavy (non-hydrogen) atoms. The second-order valence-corrected chi connectivity index (χ2v) is 4.42. The van der Waals surface area contributed by atoms with Gasteiger partial charge in [0, 0.05) is 19.3 Å². The summed E-state index contributed by atoms with van der Waals surface area (Å²) in [4.78, 5) is 12.0. The third-order valence-corrected chi connectivity index (χ3v) is 2.88. The summed E-state index contributed by atoms with van der Waals surface area (Å²) in [5, 5.41) is 6.07. The fourth-order valence-corrected chi connectivity index (χ4v) is 1.71. The van der Waals surface area contributed by atoms with Gasteiger partial charge in [-0.3, -0.25) is 4.79 Å². The average molecular weight is 250 g/mol. The van der Waals surface area contributed by atoms with Crippen LogP contribution in [0.3, 0.4) is 0 Å². The molecule has 1 rings (SSSR count). The van der Waals surface area contributed by atoms with E-state index in [-0.39, 0.29) is 11.9 Å². The minimum atomic E-state index is -0.237. The zero-order valence-corrected chi connectivity index (χ0v) is 11.5. The van der Waals surface area contributed by atoms with Gasteiger partial charge >= 0.3 is 0 Å². The molecule has 0 fully saturated rings. The van der Waals surface area contributed by atoms with Crippen LogP contribution in [0.25, 0.3) is 0 Å². The maximum absolute atomic E-state index is 12.0. The number of carbonyl (C=O) groups is 1. The quantitative estimate of drug-likeness (QED) is 0.758. The highest BCUT2D eigenvalue weighted by molar-refractivity contribution is 5.95. The molecule has 0 aliphatic carbocycles. The van der Waals surface area contributed by atoms with Crippen LogP contribution in [0.1, 0.15) is 18.1 Å². The Bertz CT molecular complexity index is 385. The van der Waals surface area contributed by atoms with Gasteiger partial charge in [-0.25, -0.2) is 0 Å². The van der Waals surface area contributed by atoms with E-state index >= 15 is 0 Å². The van der Waals surface area contributed by atoms with E-state index in [1.165, 1.54) is 0 Å². The van der Waals surface area contributed by atoms with Crippen molar-refractivity contribution in [1.29, 1.82) is 0 Å². The smallest absolute Gasteiger partial charge is 0.241 e. The van der Waals surface area contributed by atoms with Gasteiger partial charge in [-0.15, -0.1) is 0 Å². The first kappa shape index (κ1) is 14.7. The molecule has 100 valence electrons. The second-order valence-electron chi connectivity index (χ2n) is 4.42. The molecular formula is C14H22N2O2. The molecule has 0 aliphatic heterocycles. The normalized spacial score (nSPS) is 12.2. The Morgan fingerprint density at radius 1 is 1.33 bits per heavy atom. The van der Waals surface area contributed by atoms with Crippen molar-refractivity contribution < 1.29 is 9.53 Å². The van der Waals surface area contributed by atoms with Gasteiger partial charge < -0.3 is 15.4 Å². The van der Waals surface area contributed by atoms with E-state index in [2.05, 4.69) is 10.6 Å². The van der Waals surface area contributed by atoms with Crippen molar-refractivity contribution in [1.82, 2.24) is 5.32 Å². The van der Waals surface area contributed by atoms with Gasteiger partial charge in [-0.05, 0) is 31.9 Å². The molecule has 4 nitrogen and oxygen atoms in total. The number of nitrogens with one attached hydrogen (secondary N) is 2. The Morgan fingerprint density at radius 2 is 1.94 bits per heavy atom.